The highest BCUT2D eigenvalue weighted by Gasteiger charge is 2.13. The van der Waals surface area contributed by atoms with Gasteiger partial charge in [0.05, 0.1) is 12.6 Å². The second-order valence-electron chi connectivity index (χ2n) is 3.69. The lowest BCUT2D eigenvalue weighted by Crippen LogP contribution is -2.21. The van der Waals surface area contributed by atoms with Crippen molar-refractivity contribution in [3.05, 3.63) is 10.0 Å². The molecule has 92 valence electrons. The van der Waals surface area contributed by atoms with Gasteiger partial charge in [-0.15, -0.1) is 10.2 Å². The number of hydrogen-bond donors (Lipinski definition) is 1. The number of hydrogen-bond acceptors (Lipinski definition) is 5. The van der Waals surface area contributed by atoms with Crippen molar-refractivity contribution in [2.75, 3.05) is 20.3 Å². The van der Waals surface area contributed by atoms with Crippen molar-refractivity contribution in [2.24, 2.45) is 0 Å². The van der Waals surface area contributed by atoms with E-state index >= 15 is 0 Å². The zero-order valence-electron chi connectivity index (χ0n) is 10.3. The molecule has 0 fully saturated rings. The second kappa shape index (κ2) is 7.70. The Balaban J connectivity index is 2.52. The minimum Gasteiger partial charge on any atom is -0.384 e. The van der Waals surface area contributed by atoms with Crippen molar-refractivity contribution >= 4 is 11.3 Å². The summed E-state index contributed by atoms with van der Waals surface area (Å²) >= 11 is 1.69. The summed E-state index contributed by atoms with van der Waals surface area (Å²) in [6, 6.07) is 0.355. The van der Waals surface area contributed by atoms with Crippen molar-refractivity contribution in [3.63, 3.8) is 0 Å². The van der Waals surface area contributed by atoms with Crippen LogP contribution in [0.5, 0.6) is 0 Å². The number of methoxy groups -OCH3 is 1. The molecule has 0 radical (unpaired) electrons. The van der Waals surface area contributed by atoms with E-state index in [-0.39, 0.29) is 0 Å². The Kier molecular flexibility index (Phi) is 6.52. The Bertz CT molecular complexity index is 291. The molecular formula is C11H21N3OS. The molecule has 4 nitrogen and oxygen atoms in total. The van der Waals surface area contributed by atoms with Gasteiger partial charge in [0.25, 0.3) is 0 Å². The fourth-order valence-corrected chi connectivity index (χ4v) is 2.41. The highest BCUT2D eigenvalue weighted by molar-refractivity contribution is 7.11. The maximum absolute atomic E-state index is 5.03. The first-order valence-electron chi connectivity index (χ1n) is 5.86. The predicted octanol–water partition coefficient (Wildman–Crippen LogP) is 2.18. The molecule has 0 aliphatic heterocycles. The second-order valence-corrected chi connectivity index (χ2v) is 4.79. The zero-order chi connectivity index (χ0) is 11.8. The van der Waals surface area contributed by atoms with Gasteiger partial charge in [0.15, 0.2) is 0 Å². The highest BCUT2D eigenvalue weighted by Crippen LogP contribution is 2.21. The lowest BCUT2D eigenvalue weighted by Gasteiger charge is -2.12. The molecule has 1 heterocycles. The first-order chi connectivity index (χ1) is 7.81. The molecule has 0 aromatic carbocycles. The molecule has 0 bridgehead atoms. The average molecular weight is 243 g/mol. The van der Waals surface area contributed by atoms with Crippen molar-refractivity contribution in [1.82, 2.24) is 15.5 Å². The molecule has 0 saturated carbocycles. The van der Waals surface area contributed by atoms with Gasteiger partial charge in [0.1, 0.15) is 10.0 Å². The van der Waals surface area contributed by atoms with Crippen LogP contribution in [0.2, 0.25) is 0 Å². The maximum Gasteiger partial charge on any atom is 0.134 e. The number of ether oxygens (including phenoxy) is 1. The fraction of sp³-hybridized carbons (Fsp3) is 0.818. The van der Waals surface area contributed by atoms with E-state index in [0.29, 0.717) is 12.6 Å². The van der Waals surface area contributed by atoms with Crippen LogP contribution in [0.25, 0.3) is 0 Å². The molecule has 0 aliphatic rings. The molecule has 1 aromatic rings. The van der Waals surface area contributed by atoms with Crippen LogP contribution in [0, 0.1) is 0 Å². The van der Waals surface area contributed by atoms with E-state index in [1.54, 1.807) is 18.4 Å². The van der Waals surface area contributed by atoms with E-state index in [0.717, 1.165) is 35.8 Å². The molecule has 1 rings (SSSR count). The molecular weight excluding hydrogens is 222 g/mol. The minimum atomic E-state index is 0.355. The maximum atomic E-state index is 5.03. The summed E-state index contributed by atoms with van der Waals surface area (Å²) in [5, 5.41) is 14.1. The predicted molar refractivity (Wildman–Crippen MR) is 66.8 cm³/mol. The number of nitrogens with one attached hydrogen (secondary N) is 1. The van der Waals surface area contributed by atoms with Gasteiger partial charge in [0.2, 0.25) is 0 Å². The molecule has 0 amide bonds. The van der Waals surface area contributed by atoms with Gasteiger partial charge in [-0.1, -0.05) is 25.2 Å². The van der Waals surface area contributed by atoms with Crippen molar-refractivity contribution < 1.29 is 4.74 Å². The average Bonchev–Trinajstić information content (AvgIpc) is 2.76. The Morgan fingerprint density at radius 2 is 2.19 bits per heavy atom. The van der Waals surface area contributed by atoms with E-state index in [2.05, 4.69) is 29.4 Å². The minimum absolute atomic E-state index is 0.355. The molecule has 1 atom stereocenters. The largest absolute Gasteiger partial charge is 0.384 e. The van der Waals surface area contributed by atoms with Crippen LogP contribution < -0.4 is 5.32 Å². The Hall–Kier alpha value is -0.520. The summed E-state index contributed by atoms with van der Waals surface area (Å²) in [5.41, 5.74) is 0. The molecule has 0 aliphatic carbocycles. The summed E-state index contributed by atoms with van der Waals surface area (Å²) in [7, 11) is 1.71. The standard InChI is InChI=1S/C11H21N3OS/c1-4-7-12-9(5-2)11-14-13-10(16-11)6-8-15-3/h9,12H,4-8H2,1-3H3. The van der Waals surface area contributed by atoms with Crippen LogP contribution in [0.1, 0.15) is 42.7 Å². The highest BCUT2D eigenvalue weighted by atomic mass is 32.1. The van der Waals surface area contributed by atoms with Crippen LogP contribution in [0.4, 0.5) is 0 Å². The van der Waals surface area contributed by atoms with Crippen molar-refractivity contribution in [2.45, 2.75) is 39.2 Å². The van der Waals surface area contributed by atoms with Gasteiger partial charge in [-0.2, -0.15) is 0 Å². The number of rotatable bonds is 8. The topological polar surface area (TPSA) is 47.0 Å². The van der Waals surface area contributed by atoms with E-state index < -0.39 is 0 Å². The molecule has 1 N–H and O–H groups in total. The van der Waals surface area contributed by atoms with E-state index in [9.17, 15) is 0 Å². The SMILES string of the molecule is CCCNC(CC)c1nnc(CCOC)s1. The van der Waals surface area contributed by atoms with Gasteiger partial charge < -0.3 is 10.1 Å². The molecule has 1 aromatic heterocycles. The van der Waals surface area contributed by atoms with E-state index in [4.69, 9.17) is 4.74 Å². The monoisotopic (exact) mass is 243 g/mol. The first-order valence-corrected chi connectivity index (χ1v) is 6.68. The quantitative estimate of drug-likeness (QED) is 0.760. The van der Waals surface area contributed by atoms with Gasteiger partial charge in [-0.25, -0.2) is 0 Å². The summed E-state index contributed by atoms with van der Waals surface area (Å²) in [5.74, 6) is 0. The van der Waals surface area contributed by atoms with Crippen LogP contribution in [0.3, 0.4) is 0 Å². The van der Waals surface area contributed by atoms with Gasteiger partial charge in [-0.05, 0) is 19.4 Å². The van der Waals surface area contributed by atoms with Crippen molar-refractivity contribution in [3.8, 4) is 0 Å². The molecule has 0 saturated heterocycles. The van der Waals surface area contributed by atoms with E-state index in [1.807, 2.05) is 0 Å². The third-order valence-electron chi connectivity index (χ3n) is 2.35. The lowest BCUT2D eigenvalue weighted by atomic mass is 10.2. The lowest BCUT2D eigenvalue weighted by molar-refractivity contribution is 0.202. The van der Waals surface area contributed by atoms with Crippen LogP contribution in [0.15, 0.2) is 0 Å². The van der Waals surface area contributed by atoms with Gasteiger partial charge >= 0.3 is 0 Å². The zero-order valence-corrected chi connectivity index (χ0v) is 11.1. The van der Waals surface area contributed by atoms with Crippen LogP contribution in [-0.4, -0.2) is 30.5 Å². The third-order valence-corrected chi connectivity index (χ3v) is 3.45. The van der Waals surface area contributed by atoms with Crippen molar-refractivity contribution in [1.29, 1.82) is 0 Å². The third kappa shape index (κ3) is 4.15. The molecule has 16 heavy (non-hydrogen) atoms. The normalized spacial score (nSPS) is 12.9. The summed E-state index contributed by atoms with van der Waals surface area (Å²) in [4.78, 5) is 0. The number of nitrogens with zero attached hydrogens (tertiary/aromatic N) is 2. The fourth-order valence-electron chi connectivity index (χ4n) is 1.42. The summed E-state index contributed by atoms with van der Waals surface area (Å²) < 4.78 is 5.03. The van der Waals surface area contributed by atoms with Gasteiger partial charge in [-0.3, -0.25) is 0 Å². The van der Waals surface area contributed by atoms with Crippen LogP contribution >= 0.6 is 11.3 Å². The number of aromatic nitrogens is 2. The molecule has 1 unspecified atom stereocenters. The van der Waals surface area contributed by atoms with Gasteiger partial charge in [0, 0.05) is 13.5 Å². The Morgan fingerprint density at radius 3 is 2.81 bits per heavy atom. The summed E-state index contributed by atoms with van der Waals surface area (Å²) in [6.07, 6.45) is 3.06. The molecule has 5 heteroatoms. The summed E-state index contributed by atoms with van der Waals surface area (Å²) in [6.45, 7) is 6.09. The van der Waals surface area contributed by atoms with E-state index in [1.165, 1.54) is 0 Å². The Labute approximate surface area is 101 Å². The molecule has 0 spiro atoms. The Morgan fingerprint density at radius 1 is 1.38 bits per heavy atom. The van der Waals surface area contributed by atoms with Crippen LogP contribution in [-0.2, 0) is 11.2 Å². The smallest absolute Gasteiger partial charge is 0.134 e. The first kappa shape index (κ1) is 13.5.